The standard InChI is InChI=1S/C22H24N6/c1-4-28(5-2)20-11-9-18(10-12-20)26-21-14-22(25-16(3)24-21)27-19-8-6-7-17(13-19)15-23/h6-14H,4-5H2,1-3H3,(H2,24,25,26,27). The Bertz CT molecular complexity index is 971. The van der Waals surface area contributed by atoms with Crippen LogP contribution >= 0.6 is 0 Å². The van der Waals surface area contributed by atoms with Crippen molar-refractivity contribution in [1.82, 2.24) is 9.97 Å². The van der Waals surface area contributed by atoms with Gasteiger partial charge in [-0.15, -0.1) is 0 Å². The number of hydrogen-bond donors (Lipinski definition) is 2. The van der Waals surface area contributed by atoms with E-state index in [9.17, 15) is 0 Å². The van der Waals surface area contributed by atoms with E-state index in [2.05, 4.69) is 69.7 Å². The van der Waals surface area contributed by atoms with Crippen LogP contribution in [0.25, 0.3) is 0 Å². The highest BCUT2D eigenvalue weighted by Gasteiger charge is 2.05. The Balaban J connectivity index is 1.77. The van der Waals surface area contributed by atoms with Gasteiger partial charge in [0.15, 0.2) is 0 Å². The minimum Gasteiger partial charge on any atom is -0.372 e. The van der Waals surface area contributed by atoms with Gasteiger partial charge in [-0.25, -0.2) is 9.97 Å². The number of hydrogen-bond acceptors (Lipinski definition) is 6. The van der Waals surface area contributed by atoms with E-state index in [1.54, 1.807) is 12.1 Å². The average molecular weight is 372 g/mol. The highest BCUT2D eigenvalue weighted by Crippen LogP contribution is 2.23. The second-order valence-corrected chi connectivity index (χ2v) is 6.35. The van der Waals surface area contributed by atoms with E-state index in [0.717, 1.165) is 24.5 Å². The molecule has 6 heteroatoms. The van der Waals surface area contributed by atoms with E-state index in [1.807, 2.05) is 25.1 Å². The maximum Gasteiger partial charge on any atom is 0.136 e. The summed E-state index contributed by atoms with van der Waals surface area (Å²) in [6.45, 7) is 8.12. The number of nitriles is 1. The van der Waals surface area contributed by atoms with Crippen LogP contribution in [0.15, 0.2) is 54.6 Å². The fourth-order valence-corrected chi connectivity index (χ4v) is 3.00. The van der Waals surface area contributed by atoms with Crippen LogP contribution in [0, 0.1) is 18.3 Å². The van der Waals surface area contributed by atoms with Crippen molar-refractivity contribution in [2.75, 3.05) is 28.6 Å². The van der Waals surface area contributed by atoms with Crippen molar-refractivity contribution in [1.29, 1.82) is 5.26 Å². The first-order valence-electron chi connectivity index (χ1n) is 9.36. The highest BCUT2D eigenvalue weighted by molar-refractivity contribution is 5.65. The molecule has 0 aliphatic heterocycles. The lowest BCUT2D eigenvalue weighted by molar-refractivity contribution is 0.866. The Kier molecular flexibility index (Phi) is 6.07. The fraction of sp³-hybridized carbons (Fsp3) is 0.227. The van der Waals surface area contributed by atoms with Crippen LogP contribution in [-0.4, -0.2) is 23.1 Å². The van der Waals surface area contributed by atoms with Crippen molar-refractivity contribution in [2.45, 2.75) is 20.8 Å². The Morgan fingerprint density at radius 3 is 2.14 bits per heavy atom. The molecule has 3 rings (SSSR count). The second kappa shape index (κ2) is 8.87. The molecule has 0 saturated heterocycles. The summed E-state index contributed by atoms with van der Waals surface area (Å²) in [5.41, 5.74) is 3.58. The first-order valence-corrected chi connectivity index (χ1v) is 9.36. The molecular weight excluding hydrogens is 348 g/mol. The number of aryl methyl sites for hydroxylation is 1. The molecule has 142 valence electrons. The summed E-state index contributed by atoms with van der Waals surface area (Å²) in [4.78, 5) is 11.2. The molecule has 0 fully saturated rings. The van der Waals surface area contributed by atoms with Gasteiger partial charge in [-0.05, 0) is 63.2 Å². The van der Waals surface area contributed by atoms with Crippen LogP contribution in [0.3, 0.4) is 0 Å². The molecule has 3 aromatic rings. The van der Waals surface area contributed by atoms with E-state index < -0.39 is 0 Å². The molecule has 0 spiro atoms. The van der Waals surface area contributed by atoms with Crippen molar-refractivity contribution < 1.29 is 0 Å². The van der Waals surface area contributed by atoms with E-state index in [4.69, 9.17) is 5.26 Å². The van der Waals surface area contributed by atoms with Crippen LogP contribution in [-0.2, 0) is 0 Å². The second-order valence-electron chi connectivity index (χ2n) is 6.35. The van der Waals surface area contributed by atoms with E-state index >= 15 is 0 Å². The Labute approximate surface area is 165 Å². The number of nitrogens with zero attached hydrogens (tertiary/aromatic N) is 4. The lowest BCUT2D eigenvalue weighted by atomic mass is 10.2. The highest BCUT2D eigenvalue weighted by atomic mass is 15.1. The summed E-state index contributed by atoms with van der Waals surface area (Å²) >= 11 is 0. The zero-order valence-electron chi connectivity index (χ0n) is 16.4. The monoisotopic (exact) mass is 372 g/mol. The molecule has 1 heterocycles. The topological polar surface area (TPSA) is 76.9 Å². The molecular formula is C22H24N6. The molecule has 0 atom stereocenters. The smallest absolute Gasteiger partial charge is 0.136 e. The molecule has 0 aliphatic rings. The molecule has 0 aliphatic carbocycles. The van der Waals surface area contributed by atoms with Gasteiger partial charge in [0.1, 0.15) is 17.5 Å². The molecule has 0 amide bonds. The summed E-state index contributed by atoms with van der Waals surface area (Å²) in [7, 11) is 0. The van der Waals surface area contributed by atoms with Crippen molar-refractivity contribution in [3.8, 4) is 6.07 Å². The van der Waals surface area contributed by atoms with Gasteiger partial charge in [-0.1, -0.05) is 6.07 Å². The third-order valence-electron chi connectivity index (χ3n) is 4.37. The van der Waals surface area contributed by atoms with Gasteiger partial charge in [0.25, 0.3) is 0 Å². The quantitative estimate of drug-likeness (QED) is 0.608. The van der Waals surface area contributed by atoms with Gasteiger partial charge < -0.3 is 15.5 Å². The predicted octanol–water partition coefficient (Wildman–Crippen LogP) is 4.99. The molecule has 0 saturated carbocycles. The third-order valence-corrected chi connectivity index (χ3v) is 4.37. The number of nitrogens with one attached hydrogen (secondary N) is 2. The van der Waals surface area contributed by atoms with Crippen LogP contribution in [0.1, 0.15) is 25.2 Å². The minimum absolute atomic E-state index is 0.599. The maximum absolute atomic E-state index is 9.05. The van der Waals surface area contributed by atoms with E-state index in [0.29, 0.717) is 23.0 Å². The summed E-state index contributed by atoms with van der Waals surface area (Å²) in [5, 5.41) is 15.6. The third kappa shape index (κ3) is 4.77. The van der Waals surface area contributed by atoms with Gasteiger partial charge in [-0.2, -0.15) is 5.26 Å². The Hall–Kier alpha value is -3.59. The lowest BCUT2D eigenvalue weighted by Crippen LogP contribution is -2.21. The molecule has 2 aromatic carbocycles. The Morgan fingerprint density at radius 1 is 0.893 bits per heavy atom. The molecule has 1 aromatic heterocycles. The SMILES string of the molecule is CCN(CC)c1ccc(Nc2cc(Nc3cccc(C#N)c3)nc(C)n2)cc1. The predicted molar refractivity (Wildman–Crippen MR) is 114 cm³/mol. The van der Waals surface area contributed by atoms with Crippen molar-refractivity contribution >= 4 is 28.7 Å². The molecule has 28 heavy (non-hydrogen) atoms. The number of aromatic nitrogens is 2. The maximum atomic E-state index is 9.05. The van der Waals surface area contributed by atoms with E-state index in [-0.39, 0.29) is 0 Å². The summed E-state index contributed by atoms with van der Waals surface area (Å²) in [5.74, 6) is 2.04. The summed E-state index contributed by atoms with van der Waals surface area (Å²) < 4.78 is 0. The zero-order chi connectivity index (χ0) is 19.9. The molecule has 0 unspecified atom stereocenters. The van der Waals surface area contributed by atoms with Crippen molar-refractivity contribution in [2.24, 2.45) is 0 Å². The lowest BCUT2D eigenvalue weighted by Gasteiger charge is -2.21. The fourth-order valence-electron chi connectivity index (χ4n) is 3.00. The molecule has 2 N–H and O–H groups in total. The minimum atomic E-state index is 0.599. The van der Waals surface area contributed by atoms with Gasteiger partial charge in [-0.3, -0.25) is 0 Å². The number of rotatable bonds is 7. The molecule has 0 radical (unpaired) electrons. The molecule has 6 nitrogen and oxygen atoms in total. The van der Waals surface area contributed by atoms with Crippen molar-refractivity contribution in [3.63, 3.8) is 0 Å². The summed E-state index contributed by atoms with van der Waals surface area (Å²) in [6, 6.07) is 19.6. The van der Waals surface area contributed by atoms with Gasteiger partial charge in [0, 0.05) is 36.2 Å². The average Bonchev–Trinajstić information content (AvgIpc) is 2.70. The largest absolute Gasteiger partial charge is 0.372 e. The van der Waals surface area contributed by atoms with Crippen LogP contribution in [0.2, 0.25) is 0 Å². The first-order chi connectivity index (χ1) is 13.6. The van der Waals surface area contributed by atoms with E-state index in [1.165, 1.54) is 5.69 Å². The Morgan fingerprint density at radius 2 is 1.54 bits per heavy atom. The first kappa shape index (κ1) is 19.2. The normalized spacial score (nSPS) is 10.2. The van der Waals surface area contributed by atoms with Crippen LogP contribution < -0.4 is 15.5 Å². The van der Waals surface area contributed by atoms with Crippen molar-refractivity contribution in [3.05, 3.63) is 66.0 Å². The van der Waals surface area contributed by atoms with Gasteiger partial charge in [0.05, 0.1) is 11.6 Å². The van der Waals surface area contributed by atoms with Crippen LogP contribution in [0.5, 0.6) is 0 Å². The van der Waals surface area contributed by atoms with Gasteiger partial charge >= 0.3 is 0 Å². The summed E-state index contributed by atoms with van der Waals surface area (Å²) in [6.07, 6.45) is 0. The van der Waals surface area contributed by atoms with Gasteiger partial charge in [0.2, 0.25) is 0 Å². The van der Waals surface area contributed by atoms with Crippen LogP contribution in [0.4, 0.5) is 28.7 Å². The number of anilines is 5. The molecule has 0 bridgehead atoms. The number of benzene rings is 2. The zero-order valence-corrected chi connectivity index (χ0v) is 16.4.